The molecule has 1 aliphatic rings. The maximum atomic E-state index is 6.28. The lowest BCUT2D eigenvalue weighted by molar-refractivity contribution is 0.272. The summed E-state index contributed by atoms with van der Waals surface area (Å²) in [5.74, 6) is 2.87. The number of nitrogens with zero attached hydrogens (tertiary/aromatic N) is 3. The normalized spacial score (nSPS) is 21.4. The molecule has 0 radical (unpaired) electrons. The standard InChI is InChI=1S/C13H24N4/c1-9-6-7-17-10(8-9)15-16-11(17)12(2,3)13(4,5)14/h9H,6-8,14H2,1-5H3. The molecule has 4 nitrogen and oxygen atoms in total. The summed E-state index contributed by atoms with van der Waals surface area (Å²) >= 11 is 0. The second kappa shape index (κ2) is 3.80. The summed E-state index contributed by atoms with van der Waals surface area (Å²) in [5, 5.41) is 8.75. The number of aromatic nitrogens is 3. The van der Waals surface area contributed by atoms with Crippen molar-refractivity contribution in [2.75, 3.05) is 0 Å². The van der Waals surface area contributed by atoms with Crippen molar-refractivity contribution in [3.8, 4) is 0 Å². The molecule has 0 saturated carbocycles. The zero-order valence-corrected chi connectivity index (χ0v) is 11.6. The molecule has 1 atom stereocenters. The summed E-state index contributed by atoms with van der Waals surface area (Å²) in [6.45, 7) is 11.7. The van der Waals surface area contributed by atoms with Crippen molar-refractivity contribution in [1.82, 2.24) is 14.8 Å². The Morgan fingerprint density at radius 2 is 1.88 bits per heavy atom. The van der Waals surface area contributed by atoms with E-state index in [0.717, 1.165) is 24.6 Å². The van der Waals surface area contributed by atoms with Crippen molar-refractivity contribution in [2.45, 2.75) is 65.0 Å². The van der Waals surface area contributed by atoms with Crippen LogP contribution in [-0.2, 0) is 18.4 Å². The van der Waals surface area contributed by atoms with Gasteiger partial charge in [0.05, 0.1) is 0 Å². The maximum Gasteiger partial charge on any atom is 0.140 e. The Labute approximate surface area is 104 Å². The zero-order valence-electron chi connectivity index (χ0n) is 11.6. The third-order valence-corrected chi connectivity index (χ3v) is 4.37. The van der Waals surface area contributed by atoms with Crippen molar-refractivity contribution in [1.29, 1.82) is 0 Å². The first-order chi connectivity index (χ1) is 7.73. The van der Waals surface area contributed by atoms with Gasteiger partial charge in [-0.1, -0.05) is 20.8 Å². The molecule has 1 unspecified atom stereocenters. The molecular weight excluding hydrogens is 212 g/mol. The minimum absolute atomic E-state index is 0.168. The Hall–Kier alpha value is -0.900. The van der Waals surface area contributed by atoms with E-state index >= 15 is 0 Å². The van der Waals surface area contributed by atoms with E-state index in [4.69, 9.17) is 5.73 Å². The van der Waals surface area contributed by atoms with E-state index in [-0.39, 0.29) is 11.0 Å². The molecule has 17 heavy (non-hydrogen) atoms. The van der Waals surface area contributed by atoms with Gasteiger partial charge in [0.2, 0.25) is 0 Å². The number of fused-ring (bicyclic) bond motifs is 1. The van der Waals surface area contributed by atoms with Crippen LogP contribution in [0.4, 0.5) is 0 Å². The molecule has 1 aromatic heterocycles. The molecule has 0 aromatic carbocycles. The summed E-state index contributed by atoms with van der Waals surface area (Å²) in [6, 6.07) is 0. The second-order valence-electron chi connectivity index (χ2n) is 6.54. The Kier molecular flexibility index (Phi) is 2.81. The van der Waals surface area contributed by atoms with Gasteiger partial charge in [-0.05, 0) is 26.2 Å². The van der Waals surface area contributed by atoms with Gasteiger partial charge >= 0.3 is 0 Å². The largest absolute Gasteiger partial charge is 0.325 e. The van der Waals surface area contributed by atoms with E-state index in [2.05, 4.69) is 49.4 Å². The average molecular weight is 236 g/mol. The highest BCUT2D eigenvalue weighted by atomic mass is 15.3. The fraction of sp³-hybridized carbons (Fsp3) is 0.846. The minimum Gasteiger partial charge on any atom is -0.325 e. The number of nitrogens with two attached hydrogens (primary N) is 1. The van der Waals surface area contributed by atoms with E-state index in [1.165, 1.54) is 6.42 Å². The lowest BCUT2D eigenvalue weighted by atomic mass is 9.74. The first-order valence-electron chi connectivity index (χ1n) is 6.45. The van der Waals surface area contributed by atoms with Crippen molar-refractivity contribution >= 4 is 0 Å². The molecule has 0 spiro atoms. The monoisotopic (exact) mass is 236 g/mol. The predicted octanol–water partition coefficient (Wildman–Crippen LogP) is 1.88. The Morgan fingerprint density at radius 1 is 1.24 bits per heavy atom. The molecule has 0 aliphatic carbocycles. The molecule has 2 rings (SSSR count). The Bertz CT molecular complexity index is 412. The molecule has 0 amide bonds. The van der Waals surface area contributed by atoms with Crippen LogP contribution in [0.1, 0.15) is 52.7 Å². The fourth-order valence-electron chi connectivity index (χ4n) is 2.24. The van der Waals surface area contributed by atoms with Gasteiger partial charge in [0.25, 0.3) is 0 Å². The van der Waals surface area contributed by atoms with Gasteiger partial charge in [0, 0.05) is 23.9 Å². The first-order valence-corrected chi connectivity index (χ1v) is 6.45. The van der Waals surface area contributed by atoms with Crippen LogP contribution in [0.3, 0.4) is 0 Å². The Morgan fingerprint density at radius 3 is 2.47 bits per heavy atom. The number of rotatable bonds is 2. The zero-order chi connectivity index (χ0) is 12.8. The van der Waals surface area contributed by atoms with Crippen molar-refractivity contribution in [3.63, 3.8) is 0 Å². The lowest BCUT2D eigenvalue weighted by Gasteiger charge is -2.38. The van der Waals surface area contributed by atoms with Gasteiger partial charge in [-0.3, -0.25) is 0 Å². The lowest BCUT2D eigenvalue weighted by Crippen LogP contribution is -2.51. The van der Waals surface area contributed by atoms with Gasteiger partial charge in [-0.25, -0.2) is 0 Å². The van der Waals surface area contributed by atoms with Crippen LogP contribution >= 0.6 is 0 Å². The van der Waals surface area contributed by atoms with E-state index in [0.29, 0.717) is 5.92 Å². The molecular formula is C13H24N4. The van der Waals surface area contributed by atoms with E-state index < -0.39 is 0 Å². The van der Waals surface area contributed by atoms with Crippen molar-refractivity contribution in [3.05, 3.63) is 11.6 Å². The smallest absolute Gasteiger partial charge is 0.140 e. The van der Waals surface area contributed by atoms with Crippen LogP contribution in [0.5, 0.6) is 0 Å². The van der Waals surface area contributed by atoms with E-state index in [1.54, 1.807) is 0 Å². The van der Waals surface area contributed by atoms with Gasteiger partial charge in [0.15, 0.2) is 0 Å². The first kappa shape index (κ1) is 12.6. The summed E-state index contributed by atoms with van der Waals surface area (Å²) < 4.78 is 2.27. The van der Waals surface area contributed by atoms with Crippen molar-refractivity contribution in [2.24, 2.45) is 11.7 Å². The molecule has 0 bridgehead atoms. The van der Waals surface area contributed by atoms with Gasteiger partial charge < -0.3 is 10.3 Å². The maximum absolute atomic E-state index is 6.28. The number of hydrogen-bond donors (Lipinski definition) is 1. The molecule has 0 fully saturated rings. The van der Waals surface area contributed by atoms with Gasteiger partial charge in [-0.15, -0.1) is 10.2 Å². The summed E-state index contributed by atoms with van der Waals surface area (Å²) in [7, 11) is 0. The minimum atomic E-state index is -0.306. The molecule has 2 heterocycles. The predicted molar refractivity (Wildman–Crippen MR) is 68.8 cm³/mol. The highest BCUT2D eigenvalue weighted by Crippen LogP contribution is 2.33. The van der Waals surface area contributed by atoms with Crippen molar-refractivity contribution < 1.29 is 0 Å². The van der Waals surface area contributed by atoms with Crippen LogP contribution in [0, 0.1) is 5.92 Å². The molecule has 96 valence electrons. The number of hydrogen-bond acceptors (Lipinski definition) is 3. The fourth-order valence-corrected chi connectivity index (χ4v) is 2.24. The highest BCUT2D eigenvalue weighted by molar-refractivity contribution is 5.16. The van der Waals surface area contributed by atoms with Crippen LogP contribution in [0.25, 0.3) is 0 Å². The van der Waals surface area contributed by atoms with E-state index in [9.17, 15) is 0 Å². The molecule has 0 saturated heterocycles. The molecule has 4 heteroatoms. The van der Waals surface area contributed by atoms with Crippen LogP contribution < -0.4 is 5.73 Å². The summed E-state index contributed by atoms with van der Waals surface area (Å²) in [5.41, 5.74) is 5.81. The van der Waals surface area contributed by atoms with E-state index in [1.807, 2.05) is 0 Å². The molecule has 1 aliphatic heterocycles. The third kappa shape index (κ3) is 1.99. The summed E-state index contributed by atoms with van der Waals surface area (Å²) in [6.07, 6.45) is 2.24. The second-order valence-corrected chi connectivity index (χ2v) is 6.54. The SMILES string of the molecule is CC1CCn2c(nnc2C(C)(C)C(C)(C)N)C1. The van der Waals surface area contributed by atoms with Crippen LogP contribution in [-0.4, -0.2) is 20.3 Å². The van der Waals surface area contributed by atoms with Crippen LogP contribution in [0.15, 0.2) is 0 Å². The van der Waals surface area contributed by atoms with Gasteiger partial charge in [-0.2, -0.15) is 0 Å². The third-order valence-electron chi connectivity index (χ3n) is 4.37. The van der Waals surface area contributed by atoms with Crippen LogP contribution in [0.2, 0.25) is 0 Å². The Balaban J connectivity index is 2.42. The summed E-state index contributed by atoms with van der Waals surface area (Å²) in [4.78, 5) is 0. The highest BCUT2D eigenvalue weighted by Gasteiger charge is 2.40. The topological polar surface area (TPSA) is 56.7 Å². The molecule has 2 N–H and O–H groups in total. The quantitative estimate of drug-likeness (QED) is 0.853. The van der Waals surface area contributed by atoms with Gasteiger partial charge in [0.1, 0.15) is 11.6 Å². The average Bonchev–Trinajstić information content (AvgIpc) is 2.58. The molecule has 1 aromatic rings.